The zero-order valence-electron chi connectivity index (χ0n) is 18.0. The van der Waals surface area contributed by atoms with Gasteiger partial charge in [-0.2, -0.15) is 10.2 Å². The molecule has 0 aliphatic rings. The van der Waals surface area contributed by atoms with Crippen LogP contribution in [0.15, 0.2) is 36.5 Å². The molecule has 0 unspecified atom stereocenters. The first-order valence-corrected chi connectivity index (χ1v) is 10.9. The van der Waals surface area contributed by atoms with E-state index in [1.807, 2.05) is 31.6 Å². The molecule has 0 saturated heterocycles. The molecule has 1 aromatic carbocycles. The molecule has 4 rings (SSSR count). The van der Waals surface area contributed by atoms with Crippen LogP contribution in [0.4, 0.5) is 5.13 Å². The molecule has 156 valence electrons. The number of fused-ring (bicyclic) bond motifs is 1. The lowest BCUT2D eigenvalue weighted by Gasteiger charge is -2.19. The third-order valence-electron chi connectivity index (χ3n) is 5.11. The molecule has 0 N–H and O–H groups in total. The van der Waals surface area contributed by atoms with Crippen LogP contribution in [-0.4, -0.2) is 37.0 Å². The molecule has 8 heteroatoms. The minimum atomic E-state index is -0.151. The van der Waals surface area contributed by atoms with Gasteiger partial charge in [0.1, 0.15) is 0 Å². The lowest BCUT2D eigenvalue weighted by molar-refractivity contribution is 0.0980. The summed E-state index contributed by atoms with van der Waals surface area (Å²) in [5.74, 6) is 0.209. The van der Waals surface area contributed by atoms with E-state index < -0.39 is 0 Å². The first kappa shape index (κ1) is 20.3. The highest BCUT2D eigenvalue weighted by molar-refractivity contribution is 7.22. The van der Waals surface area contributed by atoms with Gasteiger partial charge in [0.15, 0.2) is 10.8 Å². The van der Waals surface area contributed by atoms with Crippen molar-refractivity contribution in [3.8, 4) is 0 Å². The Morgan fingerprint density at radius 2 is 2.00 bits per heavy atom. The van der Waals surface area contributed by atoms with Crippen molar-refractivity contribution < 1.29 is 4.79 Å². The molecular formula is C22H26N6OS. The summed E-state index contributed by atoms with van der Waals surface area (Å²) < 4.78 is 4.66. The molecule has 3 heterocycles. The van der Waals surface area contributed by atoms with Crippen molar-refractivity contribution in [2.45, 2.75) is 40.2 Å². The van der Waals surface area contributed by atoms with E-state index in [1.165, 1.54) is 5.56 Å². The van der Waals surface area contributed by atoms with Crippen LogP contribution in [-0.2, 0) is 13.6 Å². The van der Waals surface area contributed by atoms with E-state index in [0.29, 0.717) is 29.8 Å². The third-order valence-corrected chi connectivity index (χ3v) is 6.15. The van der Waals surface area contributed by atoms with E-state index in [4.69, 9.17) is 4.98 Å². The Labute approximate surface area is 180 Å². The predicted molar refractivity (Wildman–Crippen MR) is 120 cm³/mol. The average Bonchev–Trinajstić information content (AvgIpc) is 3.39. The topological polar surface area (TPSA) is 68.8 Å². The molecule has 3 aromatic heterocycles. The lowest BCUT2D eigenvalue weighted by Crippen LogP contribution is -2.34. The molecule has 30 heavy (non-hydrogen) atoms. The number of anilines is 1. The summed E-state index contributed by atoms with van der Waals surface area (Å²) in [5.41, 5.74) is 4.62. The van der Waals surface area contributed by atoms with Crippen molar-refractivity contribution in [3.63, 3.8) is 0 Å². The summed E-state index contributed by atoms with van der Waals surface area (Å²) in [6.45, 7) is 9.37. The molecule has 0 fully saturated rings. The van der Waals surface area contributed by atoms with E-state index in [0.717, 1.165) is 21.6 Å². The average molecular weight is 423 g/mol. The number of amides is 1. The van der Waals surface area contributed by atoms with Gasteiger partial charge in [-0.1, -0.05) is 37.3 Å². The van der Waals surface area contributed by atoms with Gasteiger partial charge >= 0.3 is 0 Å². The number of rotatable bonds is 6. The largest absolute Gasteiger partial charge is 0.281 e. The van der Waals surface area contributed by atoms with E-state index in [1.54, 1.807) is 33.2 Å². The number of para-hydroxylation sites is 1. The Balaban J connectivity index is 1.72. The van der Waals surface area contributed by atoms with Crippen molar-refractivity contribution in [2.24, 2.45) is 7.05 Å². The fraction of sp³-hybridized carbons (Fsp3) is 0.364. The van der Waals surface area contributed by atoms with Gasteiger partial charge in [-0.15, -0.1) is 0 Å². The number of benzene rings is 1. The molecule has 0 atom stereocenters. The number of nitrogens with zero attached hydrogens (tertiary/aromatic N) is 6. The molecule has 7 nitrogen and oxygen atoms in total. The van der Waals surface area contributed by atoms with E-state index in [-0.39, 0.29) is 5.91 Å². The molecule has 0 spiro atoms. The fourth-order valence-corrected chi connectivity index (χ4v) is 4.61. The van der Waals surface area contributed by atoms with Crippen molar-refractivity contribution in [2.75, 3.05) is 11.4 Å². The van der Waals surface area contributed by atoms with Crippen molar-refractivity contribution in [3.05, 3.63) is 59.2 Å². The summed E-state index contributed by atoms with van der Waals surface area (Å²) in [4.78, 5) is 20.0. The highest BCUT2D eigenvalue weighted by atomic mass is 32.1. The van der Waals surface area contributed by atoms with Crippen molar-refractivity contribution in [1.29, 1.82) is 0 Å². The smallest absolute Gasteiger partial charge is 0.280 e. The zero-order chi connectivity index (χ0) is 21.4. The number of hydrogen-bond donors (Lipinski definition) is 0. The third kappa shape index (κ3) is 3.87. The van der Waals surface area contributed by atoms with Crippen LogP contribution < -0.4 is 4.90 Å². The van der Waals surface area contributed by atoms with Crippen molar-refractivity contribution >= 4 is 32.6 Å². The van der Waals surface area contributed by atoms with Crippen LogP contribution in [0.3, 0.4) is 0 Å². The van der Waals surface area contributed by atoms with Crippen LogP contribution in [0.5, 0.6) is 0 Å². The van der Waals surface area contributed by atoms with Crippen molar-refractivity contribution in [1.82, 2.24) is 24.5 Å². The highest BCUT2D eigenvalue weighted by Gasteiger charge is 2.24. The second-order valence-corrected chi connectivity index (χ2v) is 8.84. The minimum Gasteiger partial charge on any atom is -0.281 e. The Hall–Kier alpha value is -3.00. The first-order chi connectivity index (χ1) is 14.3. The molecule has 0 bridgehead atoms. The number of aryl methyl sites for hydroxylation is 3. The number of carbonyl (C=O) groups is 1. The number of thiazole rings is 1. The number of hydrogen-bond acceptors (Lipinski definition) is 5. The Morgan fingerprint density at radius 1 is 1.20 bits per heavy atom. The van der Waals surface area contributed by atoms with Gasteiger partial charge in [0.05, 0.1) is 22.5 Å². The molecular weight excluding hydrogens is 396 g/mol. The second kappa shape index (κ2) is 8.02. The highest BCUT2D eigenvalue weighted by Crippen LogP contribution is 2.34. The first-order valence-electron chi connectivity index (χ1n) is 10.1. The van der Waals surface area contributed by atoms with E-state index >= 15 is 0 Å². The summed E-state index contributed by atoms with van der Waals surface area (Å²) in [5, 5.41) is 9.54. The van der Waals surface area contributed by atoms with Crippen LogP contribution >= 0.6 is 11.3 Å². The summed E-state index contributed by atoms with van der Waals surface area (Å²) in [6, 6.07) is 10.0. The van der Waals surface area contributed by atoms with Gasteiger partial charge in [0.25, 0.3) is 5.91 Å². The quantitative estimate of drug-likeness (QED) is 0.464. The maximum absolute atomic E-state index is 13.4. The van der Waals surface area contributed by atoms with Gasteiger partial charge < -0.3 is 0 Å². The summed E-state index contributed by atoms with van der Waals surface area (Å²) >= 11 is 1.54. The van der Waals surface area contributed by atoms with Gasteiger partial charge in [0.2, 0.25) is 0 Å². The Bertz CT molecular complexity index is 1200. The maximum atomic E-state index is 13.4. The van der Waals surface area contributed by atoms with Crippen LogP contribution in [0, 0.1) is 13.8 Å². The SMILES string of the molecule is Cc1cc(C)n(CCN(C(=O)c2ccn(C)n2)c2nc3c(C(C)C)cccc3s2)n1. The van der Waals surface area contributed by atoms with Crippen LogP contribution in [0.2, 0.25) is 0 Å². The van der Waals surface area contributed by atoms with Gasteiger partial charge in [-0.25, -0.2) is 4.98 Å². The maximum Gasteiger partial charge on any atom is 0.280 e. The van der Waals surface area contributed by atoms with Crippen LogP contribution in [0.1, 0.15) is 47.2 Å². The van der Waals surface area contributed by atoms with E-state index in [2.05, 4.69) is 42.2 Å². The van der Waals surface area contributed by atoms with Gasteiger partial charge in [-0.3, -0.25) is 19.1 Å². The summed E-state index contributed by atoms with van der Waals surface area (Å²) in [6.07, 6.45) is 1.78. The molecule has 0 aliphatic carbocycles. The molecule has 0 aliphatic heterocycles. The predicted octanol–water partition coefficient (Wildman–Crippen LogP) is 4.31. The van der Waals surface area contributed by atoms with Gasteiger partial charge in [-0.05, 0) is 43.5 Å². The monoisotopic (exact) mass is 422 g/mol. The normalized spacial score (nSPS) is 11.5. The van der Waals surface area contributed by atoms with Gasteiger partial charge in [0, 0.05) is 25.5 Å². The Kier molecular flexibility index (Phi) is 5.42. The second-order valence-electron chi connectivity index (χ2n) is 7.83. The zero-order valence-corrected chi connectivity index (χ0v) is 18.8. The molecule has 0 saturated carbocycles. The minimum absolute atomic E-state index is 0.151. The molecule has 1 amide bonds. The molecule has 4 aromatic rings. The standard InChI is InChI=1S/C22H26N6OS/c1-14(2)17-7-6-8-19-20(17)23-22(30-19)27(21(29)18-9-10-26(5)25-18)11-12-28-16(4)13-15(3)24-28/h6-10,13-14H,11-12H2,1-5H3. The fourth-order valence-electron chi connectivity index (χ4n) is 3.59. The molecule has 0 radical (unpaired) electrons. The Morgan fingerprint density at radius 3 is 2.63 bits per heavy atom. The number of aromatic nitrogens is 5. The van der Waals surface area contributed by atoms with Crippen LogP contribution in [0.25, 0.3) is 10.2 Å². The lowest BCUT2D eigenvalue weighted by atomic mass is 10.0. The van der Waals surface area contributed by atoms with E-state index in [9.17, 15) is 4.79 Å². The number of carbonyl (C=O) groups excluding carboxylic acids is 1. The summed E-state index contributed by atoms with van der Waals surface area (Å²) in [7, 11) is 1.81.